The van der Waals surface area contributed by atoms with Gasteiger partial charge in [-0.05, 0) is 0 Å². The van der Waals surface area contributed by atoms with Crippen LogP contribution in [0.1, 0.15) is 96.3 Å². The van der Waals surface area contributed by atoms with Gasteiger partial charge in [0.2, 0.25) is 0 Å². The van der Waals surface area contributed by atoms with Crippen molar-refractivity contribution in [3.8, 4) is 0 Å². The first-order chi connectivity index (χ1) is 10.4. The van der Waals surface area contributed by atoms with Crippen molar-refractivity contribution < 1.29 is 0 Å². The molecule has 0 spiro atoms. The SMILES string of the molecule is C=C[PH](C1CCCCC1)(C1CCCCC1)C1CCCCC1. The minimum atomic E-state index is -1.30. The summed E-state index contributed by atoms with van der Waals surface area (Å²) in [5.41, 5.74) is 3.32. The molecule has 0 N–H and O–H groups in total. The molecular weight excluding hydrogens is 271 g/mol. The van der Waals surface area contributed by atoms with E-state index >= 15 is 0 Å². The van der Waals surface area contributed by atoms with E-state index in [2.05, 4.69) is 12.4 Å². The maximum atomic E-state index is 4.52. The van der Waals surface area contributed by atoms with Gasteiger partial charge in [0, 0.05) is 0 Å². The molecule has 0 aromatic carbocycles. The third-order valence-corrected chi connectivity index (χ3v) is 14.0. The zero-order valence-corrected chi connectivity index (χ0v) is 15.1. The van der Waals surface area contributed by atoms with Crippen LogP contribution in [0.4, 0.5) is 0 Å². The first-order valence-corrected chi connectivity index (χ1v) is 12.3. The molecule has 3 rings (SSSR count). The Hall–Kier alpha value is 0.170. The summed E-state index contributed by atoms with van der Waals surface area (Å²) < 4.78 is 0. The van der Waals surface area contributed by atoms with E-state index in [1.54, 1.807) is 38.5 Å². The molecule has 122 valence electrons. The Kier molecular flexibility index (Phi) is 5.83. The molecule has 0 saturated heterocycles. The van der Waals surface area contributed by atoms with Gasteiger partial charge in [0.05, 0.1) is 0 Å². The topological polar surface area (TPSA) is 0 Å². The van der Waals surface area contributed by atoms with Gasteiger partial charge in [0.15, 0.2) is 0 Å². The van der Waals surface area contributed by atoms with E-state index in [-0.39, 0.29) is 0 Å². The first-order valence-electron chi connectivity index (χ1n) is 10.0. The second-order valence-corrected chi connectivity index (χ2v) is 13.1. The van der Waals surface area contributed by atoms with E-state index in [0.717, 1.165) is 17.0 Å². The minimum absolute atomic E-state index is 1.11. The van der Waals surface area contributed by atoms with Crippen molar-refractivity contribution in [2.45, 2.75) is 113 Å². The van der Waals surface area contributed by atoms with Crippen molar-refractivity contribution in [1.82, 2.24) is 0 Å². The molecule has 0 amide bonds. The summed E-state index contributed by atoms with van der Waals surface area (Å²) in [5.74, 6) is 2.65. The molecule has 1 heteroatoms. The fraction of sp³-hybridized carbons (Fsp3) is 0.900. The van der Waals surface area contributed by atoms with Crippen molar-refractivity contribution in [3.05, 3.63) is 12.4 Å². The van der Waals surface area contributed by atoms with Crippen LogP contribution in [0, 0.1) is 0 Å². The predicted octanol–water partition coefficient (Wildman–Crippen LogP) is 6.88. The van der Waals surface area contributed by atoms with E-state index in [9.17, 15) is 0 Å². The summed E-state index contributed by atoms with van der Waals surface area (Å²) in [6.07, 6.45) is 23.0. The van der Waals surface area contributed by atoms with E-state index < -0.39 is 7.26 Å². The molecule has 3 aliphatic carbocycles. The predicted molar refractivity (Wildman–Crippen MR) is 99.1 cm³/mol. The molecule has 3 saturated carbocycles. The third kappa shape index (κ3) is 3.26. The quantitative estimate of drug-likeness (QED) is 0.497. The molecule has 0 atom stereocenters. The van der Waals surface area contributed by atoms with Crippen LogP contribution in [-0.2, 0) is 0 Å². The molecular formula is C20H37P. The molecule has 0 aromatic heterocycles. The van der Waals surface area contributed by atoms with Crippen molar-refractivity contribution in [2.24, 2.45) is 0 Å². The fourth-order valence-corrected chi connectivity index (χ4v) is 13.5. The molecule has 21 heavy (non-hydrogen) atoms. The van der Waals surface area contributed by atoms with Crippen LogP contribution in [-0.4, -0.2) is 17.0 Å². The average Bonchev–Trinajstić information content (AvgIpc) is 2.59. The number of hydrogen-bond acceptors (Lipinski definition) is 0. The van der Waals surface area contributed by atoms with Crippen molar-refractivity contribution in [2.75, 3.05) is 0 Å². The Morgan fingerprint density at radius 3 is 1.05 bits per heavy atom. The van der Waals surface area contributed by atoms with Crippen LogP contribution in [0.5, 0.6) is 0 Å². The summed E-state index contributed by atoms with van der Waals surface area (Å²) in [4.78, 5) is 0. The van der Waals surface area contributed by atoms with Crippen LogP contribution >= 0.6 is 7.26 Å². The van der Waals surface area contributed by atoms with Gasteiger partial charge >= 0.3 is 133 Å². The molecule has 0 bridgehead atoms. The van der Waals surface area contributed by atoms with Crippen molar-refractivity contribution in [1.29, 1.82) is 0 Å². The van der Waals surface area contributed by atoms with Gasteiger partial charge in [0.25, 0.3) is 0 Å². The molecule has 0 heterocycles. The number of hydrogen-bond donors (Lipinski definition) is 0. The first kappa shape index (κ1) is 16.0. The van der Waals surface area contributed by atoms with Crippen molar-refractivity contribution in [3.63, 3.8) is 0 Å². The van der Waals surface area contributed by atoms with Crippen LogP contribution in [0.25, 0.3) is 0 Å². The Labute approximate surface area is 133 Å². The Morgan fingerprint density at radius 2 is 0.810 bits per heavy atom. The third-order valence-electron chi connectivity index (χ3n) is 7.29. The number of rotatable bonds is 4. The van der Waals surface area contributed by atoms with Gasteiger partial charge < -0.3 is 0 Å². The summed E-state index contributed by atoms with van der Waals surface area (Å²) in [6, 6.07) is 0. The van der Waals surface area contributed by atoms with E-state index in [1.165, 1.54) is 57.8 Å². The van der Waals surface area contributed by atoms with Gasteiger partial charge in [0.1, 0.15) is 0 Å². The zero-order chi connectivity index (χ0) is 14.5. The summed E-state index contributed by atoms with van der Waals surface area (Å²) in [7, 11) is -1.30. The Balaban J connectivity index is 1.87. The zero-order valence-electron chi connectivity index (χ0n) is 14.1. The van der Waals surface area contributed by atoms with E-state index in [1.807, 2.05) is 0 Å². The fourth-order valence-electron chi connectivity index (χ4n) is 6.31. The standard InChI is InChI=1S/C20H37P/c1-2-21(18-12-6-3-7-13-18,19-14-8-4-9-15-19)20-16-10-5-11-17-20/h2,18-21H,1,3-17H2. The summed E-state index contributed by atoms with van der Waals surface area (Å²) in [6.45, 7) is 4.52. The van der Waals surface area contributed by atoms with Crippen molar-refractivity contribution >= 4 is 7.26 Å². The maximum absolute atomic E-state index is 4.52. The molecule has 3 aliphatic rings. The van der Waals surface area contributed by atoms with Crippen LogP contribution in [0.3, 0.4) is 0 Å². The normalized spacial score (nSPS) is 28.4. The van der Waals surface area contributed by atoms with E-state index in [4.69, 9.17) is 0 Å². The van der Waals surface area contributed by atoms with Crippen LogP contribution in [0.2, 0.25) is 0 Å². The molecule has 0 unspecified atom stereocenters. The van der Waals surface area contributed by atoms with E-state index in [0.29, 0.717) is 0 Å². The van der Waals surface area contributed by atoms with Gasteiger partial charge in [-0.3, -0.25) is 0 Å². The molecule has 0 radical (unpaired) electrons. The Bertz CT molecular complexity index is 271. The average molecular weight is 308 g/mol. The molecule has 0 aliphatic heterocycles. The van der Waals surface area contributed by atoms with Crippen LogP contribution in [0.15, 0.2) is 12.4 Å². The van der Waals surface area contributed by atoms with Gasteiger partial charge in [-0.25, -0.2) is 0 Å². The summed E-state index contributed by atoms with van der Waals surface area (Å²) in [5, 5.41) is 0. The molecule has 0 nitrogen and oxygen atoms in total. The molecule has 0 aromatic rings. The molecule has 3 fully saturated rings. The second kappa shape index (κ2) is 7.63. The summed E-state index contributed by atoms with van der Waals surface area (Å²) >= 11 is 0. The second-order valence-electron chi connectivity index (χ2n) is 8.21. The Morgan fingerprint density at radius 1 is 0.524 bits per heavy atom. The van der Waals surface area contributed by atoms with Crippen LogP contribution < -0.4 is 0 Å². The monoisotopic (exact) mass is 308 g/mol. The van der Waals surface area contributed by atoms with Gasteiger partial charge in [-0.2, -0.15) is 0 Å². The van der Waals surface area contributed by atoms with Gasteiger partial charge in [-0.1, -0.05) is 0 Å². The van der Waals surface area contributed by atoms with Gasteiger partial charge in [-0.15, -0.1) is 0 Å².